The summed E-state index contributed by atoms with van der Waals surface area (Å²) >= 11 is 0. The number of hydrogen-bond acceptors (Lipinski definition) is 5. The molecule has 5 nitrogen and oxygen atoms in total. The molecule has 0 amide bonds. The lowest BCUT2D eigenvalue weighted by atomic mass is 9.84. The summed E-state index contributed by atoms with van der Waals surface area (Å²) in [4.78, 5) is 5.14. The van der Waals surface area contributed by atoms with E-state index in [1.54, 1.807) is 20.3 Å². The van der Waals surface area contributed by atoms with Crippen LogP contribution in [0.1, 0.15) is 55.7 Å². The van der Waals surface area contributed by atoms with Gasteiger partial charge in [0.15, 0.2) is 11.5 Å². The van der Waals surface area contributed by atoms with Gasteiger partial charge in [0.05, 0.1) is 14.2 Å². The summed E-state index contributed by atoms with van der Waals surface area (Å²) in [5.74, 6) is 2.29. The number of benzene rings is 2. The Morgan fingerprint density at radius 3 is 2.45 bits per heavy atom. The van der Waals surface area contributed by atoms with Gasteiger partial charge in [-0.15, -0.1) is 0 Å². The van der Waals surface area contributed by atoms with E-state index in [0.29, 0.717) is 23.2 Å². The minimum atomic E-state index is 0.0312. The van der Waals surface area contributed by atoms with Gasteiger partial charge in [0.1, 0.15) is 11.9 Å². The Balaban J connectivity index is 1.70. The van der Waals surface area contributed by atoms with Crippen molar-refractivity contribution in [1.29, 1.82) is 0 Å². The Bertz CT molecular complexity index is 874. The molecule has 0 radical (unpaired) electrons. The number of ether oxygens (including phenoxy) is 2. The number of aromatic hydroxyl groups is 1. The van der Waals surface area contributed by atoms with E-state index in [-0.39, 0.29) is 12.2 Å². The van der Waals surface area contributed by atoms with Crippen LogP contribution in [0.15, 0.2) is 47.5 Å². The van der Waals surface area contributed by atoms with E-state index in [9.17, 15) is 5.11 Å². The van der Waals surface area contributed by atoms with Crippen molar-refractivity contribution in [2.75, 3.05) is 14.2 Å². The summed E-state index contributed by atoms with van der Waals surface area (Å²) in [6.07, 6.45) is 7.05. The molecule has 2 atom stereocenters. The van der Waals surface area contributed by atoms with E-state index in [0.717, 1.165) is 23.3 Å². The van der Waals surface area contributed by atoms with Crippen molar-refractivity contribution in [3.8, 4) is 17.2 Å². The Kier molecular flexibility index (Phi) is 6.05. The number of phenolic OH excluding ortho intramolecular Hbond substituents is 1. The number of phenols is 1. The number of nitrogens with zero attached hydrogens (tertiary/aromatic N) is 1. The van der Waals surface area contributed by atoms with Gasteiger partial charge in [0.2, 0.25) is 0 Å². The van der Waals surface area contributed by atoms with Crippen molar-refractivity contribution >= 4 is 5.71 Å². The standard InChI is InChI=1S/C24H30N2O3/c1-28-22-13-12-17(14-23(22)29-2)19-15-20(18-10-6-7-11-21(18)27)26-24(25-19)16-8-4-3-5-9-16/h6-7,10-14,16,20,24,26-27H,3-5,8-9,15H2,1-2H3/t20-,24-/m0/s1. The lowest BCUT2D eigenvalue weighted by molar-refractivity contribution is 0.249. The first-order chi connectivity index (χ1) is 14.2. The largest absolute Gasteiger partial charge is 0.508 e. The molecule has 1 saturated carbocycles. The van der Waals surface area contributed by atoms with Crippen LogP contribution in [0.25, 0.3) is 0 Å². The number of aliphatic imine (C=N–C) groups is 1. The molecule has 1 aliphatic heterocycles. The third-order valence-electron chi connectivity index (χ3n) is 6.19. The van der Waals surface area contributed by atoms with Gasteiger partial charge in [-0.25, -0.2) is 0 Å². The van der Waals surface area contributed by atoms with Gasteiger partial charge in [0, 0.05) is 23.7 Å². The molecule has 1 fully saturated rings. The maximum atomic E-state index is 10.5. The SMILES string of the molecule is COc1ccc(C2=N[C@H](C3CCCCC3)N[C@H](c3ccccc3O)C2)cc1OC. The monoisotopic (exact) mass is 394 g/mol. The minimum Gasteiger partial charge on any atom is -0.508 e. The summed E-state index contributed by atoms with van der Waals surface area (Å²) in [6, 6.07) is 13.6. The van der Waals surface area contributed by atoms with E-state index in [1.165, 1.54) is 32.1 Å². The lowest BCUT2D eigenvalue weighted by Crippen LogP contribution is -2.43. The highest BCUT2D eigenvalue weighted by molar-refractivity contribution is 6.02. The Morgan fingerprint density at radius 1 is 0.966 bits per heavy atom. The van der Waals surface area contributed by atoms with Crippen LogP contribution in [0.3, 0.4) is 0 Å². The fourth-order valence-electron chi connectivity index (χ4n) is 4.60. The van der Waals surface area contributed by atoms with Crippen molar-refractivity contribution in [1.82, 2.24) is 5.32 Å². The minimum absolute atomic E-state index is 0.0312. The smallest absolute Gasteiger partial charge is 0.161 e. The maximum absolute atomic E-state index is 10.5. The molecule has 2 aromatic rings. The molecule has 0 saturated heterocycles. The van der Waals surface area contributed by atoms with Crippen LogP contribution < -0.4 is 14.8 Å². The summed E-state index contributed by atoms with van der Waals surface area (Å²) in [6.45, 7) is 0. The molecule has 154 valence electrons. The molecular formula is C24H30N2O3. The fraction of sp³-hybridized carbons (Fsp3) is 0.458. The zero-order valence-electron chi connectivity index (χ0n) is 17.2. The van der Waals surface area contributed by atoms with Gasteiger partial charge < -0.3 is 14.6 Å². The summed E-state index contributed by atoms with van der Waals surface area (Å²) < 4.78 is 10.9. The lowest BCUT2D eigenvalue weighted by Gasteiger charge is -2.36. The van der Waals surface area contributed by atoms with E-state index >= 15 is 0 Å². The van der Waals surface area contributed by atoms with Crippen LogP contribution >= 0.6 is 0 Å². The first-order valence-electron chi connectivity index (χ1n) is 10.5. The molecule has 2 aromatic carbocycles. The number of hydrogen-bond donors (Lipinski definition) is 2. The van der Waals surface area contributed by atoms with Gasteiger partial charge in [0.25, 0.3) is 0 Å². The maximum Gasteiger partial charge on any atom is 0.161 e. The quantitative estimate of drug-likeness (QED) is 0.762. The van der Waals surface area contributed by atoms with E-state index in [1.807, 2.05) is 36.4 Å². The Labute approximate surface area is 172 Å². The predicted octanol–water partition coefficient (Wildman–Crippen LogP) is 4.84. The van der Waals surface area contributed by atoms with Gasteiger partial charge in [-0.3, -0.25) is 10.3 Å². The topological polar surface area (TPSA) is 63.1 Å². The predicted molar refractivity (Wildman–Crippen MR) is 115 cm³/mol. The number of nitrogens with one attached hydrogen (secondary N) is 1. The zero-order valence-corrected chi connectivity index (χ0v) is 17.2. The van der Waals surface area contributed by atoms with Crippen molar-refractivity contribution in [3.05, 3.63) is 53.6 Å². The van der Waals surface area contributed by atoms with Gasteiger partial charge in [-0.1, -0.05) is 37.5 Å². The molecule has 1 heterocycles. The van der Waals surface area contributed by atoms with E-state index < -0.39 is 0 Å². The normalized spacial score (nSPS) is 22.8. The van der Waals surface area contributed by atoms with E-state index in [4.69, 9.17) is 14.5 Å². The van der Waals surface area contributed by atoms with Crippen LogP contribution in [0, 0.1) is 5.92 Å². The summed E-state index contributed by atoms with van der Waals surface area (Å²) in [7, 11) is 3.30. The summed E-state index contributed by atoms with van der Waals surface area (Å²) in [5.41, 5.74) is 3.03. The highest BCUT2D eigenvalue weighted by Crippen LogP contribution is 2.36. The second-order valence-corrected chi connectivity index (χ2v) is 7.97. The van der Waals surface area contributed by atoms with Crippen molar-refractivity contribution in [2.45, 2.75) is 50.7 Å². The van der Waals surface area contributed by atoms with Gasteiger partial charge in [-0.05, 0) is 48.6 Å². The Hall–Kier alpha value is -2.53. The third-order valence-corrected chi connectivity index (χ3v) is 6.19. The van der Waals surface area contributed by atoms with Crippen molar-refractivity contribution in [2.24, 2.45) is 10.9 Å². The van der Waals surface area contributed by atoms with Crippen molar-refractivity contribution in [3.63, 3.8) is 0 Å². The zero-order chi connectivity index (χ0) is 20.2. The molecule has 4 rings (SSSR count). The van der Waals surface area contributed by atoms with Gasteiger partial charge in [-0.2, -0.15) is 0 Å². The average Bonchev–Trinajstić information content (AvgIpc) is 2.79. The molecule has 0 bridgehead atoms. The van der Waals surface area contributed by atoms with Crippen LogP contribution in [0.4, 0.5) is 0 Å². The highest BCUT2D eigenvalue weighted by atomic mass is 16.5. The molecule has 0 aromatic heterocycles. The van der Waals surface area contributed by atoms with Crippen LogP contribution in [-0.4, -0.2) is 31.2 Å². The van der Waals surface area contributed by atoms with Crippen LogP contribution in [-0.2, 0) is 0 Å². The van der Waals surface area contributed by atoms with Crippen LogP contribution in [0.5, 0.6) is 17.2 Å². The molecule has 1 aliphatic carbocycles. The second kappa shape index (κ2) is 8.87. The Morgan fingerprint density at radius 2 is 1.72 bits per heavy atom. The van der Waals surface area contributed by atoms with Crippen molar-refractivity contribution < 1.29 is 14.6 Å². The molecule has 2 aliphatic rings. The molecular weight excluding hydrogens is 364 g/mol. The highest BCUT2D eigenvalue weighted by Gasteiger charge is 2.32. The average molecular weight is 395 g/mol. The first-order valence-corrected chi connectivity index (χ1v) is 10.5. The number of methoxy groups -OCH3 is 2. The molecule has 0 spiro atoms. The molecule has 29 heavy (non-hydrogen) atoms. The number of para-hydroxylation sites is 1. The van der Waals surface area contributed by atoms with Crippen LogP contribution in [0.2, 0.25) is 0 Å². The van der Waals surface area contributed by atoms with Gasteiger partial charge >= 0.3 is 0 Å². The molecule has 5 heteroatoms. The third kappa shape index (κ3) is 4.25. The fourth-order valence-corrected chi connectivity index (χ4v) is 4.60. The second-order valence-electron chi connectivity index (χ2n) is 7.97. The number of rotatable bonds is 5. The summed E-state index contributed by atoms with van der Waals surface area (Å²) in [5, 5.41) is 14.2. The van der Waals surface area contributed by atoms with E-state index in [2.05, 4.69) is 5.32 Å². The molecule has 2 N–H and O–H groups in total. The first kappa shape index (κ1) is 19.8. The molecule has 0 unspecified atom stereocenters.